The minimum Gasteiger partial charge on any atom is -0.508 e. The molecule has 0 aromatic heterocycles. The summed E-state index contributed by atoms with van der Waals surface area (Å²) in [5.41, 5.74) is 3.94. The second kappa shape index (κ2) is 10.4. The lowest BCUT2D eigenvalue weighted by atomic mass is 9.93. The van der Waals surface area contributed by atoms with Gasteiger partial charge in [0.25, 0.3) is 11.7 Å². The van der Waals surface area contributed by atoms with Crippen LogP contribution >= 0.6 is 0 Å². The number of rotatable bonds is 7. The summed E-state index contributed by atoms with van der Waals surface area (Å²) in [6, 6.07) is 16.5. The van der Waals surface area contributed by atoms with Crippen LogP contribution in [0.3, 0.4) is 0 Å². The fourth-order valence-corrected chi connectivity index (χ4v) is 5.07. The summed E-state index contributed by atoms with van der Waals surface area (Å²) in [6.07, 6.45) is 0. The third kappa shape index (κ3) is 4.65. The number of ether oxygens (including phenoxy) is 1. The Hall–Kier alpha value is -4.26. The molecule has 37 heavy (non-hydrogen) atoms. The van der Waals surface area contributed by atoms with Crippen molar-refractivity contribution in [1.82, 2.24) is 0 Å². The quantitative estimate of drug-likeness (QED) is 0.253. The maximum Gasteiger partial charge on any atom is 0.300 e. The Kier molecular flexibility index (Phi) is 7.25. The molecule has 0 saturated carbocycles. The molecule has 4 rings (SSSR count). The van der Waals surface area contributed by atoms with Crippen molar-refractivity contribution in [2.24, 2.45) is 0 Å². The van der Waals surface area contributed by atoms with Crippen molar-refractivity contribution in [2.45, 2.75) is 33.7 Å². The fourth-order valence-electron chi connectivity index (χ4n) is 5.07. The number of aliphatic hydroxyl groups is 1. The number of nitrogens with zero attached hydrogens (tertiary/aromatic N) is 2. The standard InChI is InChI=1S/C30H32N2O5/c1-6-31(7-2)21-11-13-22(14-12-21)32-26(20-9-8-10-23(33)17-20)25(28(35)30(32)36)27(34)24-16-18(3)15-19(4)29(24)37-5/h8-17,26,33-34H,6-7H2,1-5H3/b27-25+. The summed E-state index contributed by atoms with van der Waals surface area (Å²) in [6.45, 7) is 9.54. The normalized spacial score (nSPS) is 16.8. The monoisotopic (exact) mass is 500 g/mol. The van der Waals surface area contributed by atoms with Crippen molar-refractivity contribution >= 4 is 28.8 Å². The van der Waals surface area contributed by atoms with Crippen LogP contribution in [-0.4, -0.2) is 42.1 Å². The molecule has 1 atom stereocenters. The van der Waals surface area contributed by atoms with Crippen LogP contribution in [0.25, 0.3) is 5.76 Å². The van der Waals surface area contributed by atoms with E-state index >= 15 is 0 Å². The van der Waals surface area contributed by atoms with E-state index in [9.17, 15) is 19.8 Å². The van der Waals surface area contributed by atoms with E-state index in [1.165, 1.54) is 24.1 Å². The van der Waals surface area contributed by atoms with Crippen LogP contribution in [0.2, 0.25) is 0 Å². The molecule has 0 radical (unpaired) electrons. The molecule has 1 fully saturated rings. The molecular weight excluding hydrogens is 468 g/mol. The van der Waals surface area contributed by atoms with Crippen LogP contribution in [0.5, 0.6) is 11.5 Å². The zero-order valence-corrected chi connectivity index (χ0v) is 21.8. The molecule has 0 bridgehead atoms. The molecule has 3 aromatic rings. The Morgan fingerprint density at radius 1 is 1.00 bits per heavy atom. The Morgan fingerprint density at radius 3 is 2.27 bits per heavy atom. The van der Waals surface area contributed by atoms with Crippen molar-refractivity contribution in [3.8, 4) is 11.5 Å². The number of phenolic OH excluding ortho intramolecular Hbond substituents is 1. The van der Waals surface area contributed by atoms with Crippen LogP contribution in [0.4, 0.5) is 11.4 Å². The second-order valence-electron chi connectivity index (χ2n) is 9.12. The van der Waals surface area contributed by atoms with E-state index in [0.29, 0.717) is 22.6 Å². The fraction of sp³-hybridized carbons (Fsp3) is 0.267. The minimum atomic E-state index is -0.947. The van der Waals surface area contributed by atoms with E-state index in [4.69, 9.17) is 4.74 Å². The number of carbonyl (C=O) groups is 2. The van der Waals surface area contributed by atoms with E-state index < -0.39 is 17.7 Å². The number of methoxy groups -OCH3 is 1. The Bertz CT molecular complexity index is 1370. The number of amides is 1. The third-order valence-electron chi connectivity index (χ3n) is 6.77. The minimum absolute atomic E-state index is 0.0102. The molecule has 0 spiro atoms. The van der Waals surface area contributed by atoms with Gasteiger partial charge in [0, 0.05) is 24.5 Å². The topological polar surface area (TPSA) is 90.3 Å². The molecule has 7 heteroatoms. The number of benzene rings is 3. The highest BCUT2D eigenvalue weighted by molar-refractivity contribution is 6.51. The van der Waals surface area contributed by atoms with E-state index in [1.54, 1.807) is 30.3 Å². The lowest BCUT2D eigenvalue weighted by Gasteiger charge is -2.27. The van der Waals surface area contributed by atoms with Crippen molar-refractivity contribution < 1.29 is 24.5 Å². The first-order chi connectivity index (χ1) is 17.7. The first-order valence-corrected chi connectivity index (χ1v) is 12.3. The molecule has 3 aromatic carbocycles. The van der Waals surface area contributed by atoms with E-state index in [1.807, 2.05) is 32.0 Å². The molecule has 192 valence electrons. The van der Waals surface area contributed by atoms with Gasteiger partial charge in [-0.25, -0.2) is 0 Å². The van der Waals surface area contributed by atoms with E-state index in [-0.39, 0.29) is 17.1 Å². The van der Waals surface area contributed by atoms with Gasteiger partial charge in [-0.2, -0.15) is 0 Å². The number of hydrogen-bond donors (Lipinski definition) is 2. The van der Waals surface area contributed by atoms with E-state index in [0.717, 1.165) is 29.9 Å². The number of aliphatic hydroxyl groups excluding tert-OH is 1. The van der Waals surface area contributed by atoms with Crippen LogP contribution in [-0.2, 0) is 9.59 Å². The molecule has 1 unspecified atom stereocenters. The van der Waals surface area contributed by atoms with Gasteiger partial charge in [-0.05, 0) is 86.8 Å². The SMILES string of the molecule is CCN(CC)c1ccc(N2C(=O)C(=O)/C(=C(/O)c3cc(C)cc(C)c3OC)C2c2cccc(O)c2)cc1. The predicted octanol–water partition coefficient (Wildman–Crippen LogP) is 5.49. The van der Waals surface area contributed by atoms with Crippen molar-refractivity contribution in [3.05, 3.63) is 88.5 Å². The number of carbonyl (C=O) groups excluding carboxylic acids is 2. The van der Waals surface area contributed by atoms with Gasteiger partial charge in [0.15, 0.2) is 0 Å². The largest absolute Gasteiger partial charge is 0.508 e. The molecular formula is C30H32N2O5. The van der Waals surface area contributed by atoms with Gasteiger partial charge in [-0.3, -0.25) is 14.5 Å². The van der Waals surface area contributed by atoms with Gasteiger partial charge < -0.3 is 19.8 Å². The van der Waals surface area contributed by atoms with Gasteiger partial charge in [-0.1, -0.05) is 18.2 Å². The average Bonchev–Trinajstić information content (AvgIpc) is 3.14. The van der Waals surface area contributed by atoms with Crippen molar-refractivity contribution in [1.29, 1.82) is 0 Å². The van der Waals surface area contributed by atoms with Crippen LogP contribution in [0.15, 0.2) is 66.2 Å². The Balaban J connectivity index is 1.94. The second-order valence-corrected chi connectivity index (χ2v) is 9.12. The number of hydrogen-bond acceptors (Lipinski definition) is 6. The lowest BCUT2D eigenvalue weighted by Crippen LogP contribution is -2.29. The molecule has 2 N–H and O–H groups in total. The maximum absolute atomic E-state index is 13.5. The van der Waals surface area contributed by atoms with Crippen LogP contribution in [0, 0.1) is 13.8 Å². The first-order valence-electron chi connectivity index (χ1n) is 12.3. The highest BCUT2D eigenvalue weighted by Gasteiger charge is 2.47. The summed E-state index contributed by atoms with van der Waals surface area (Å²) in [5, 5.41) is 21.8. The molecule has 1 aliphatic heterocycles. The summed E-state index contributed by atoms with van der Waals surface area (Å²) < 4.78 is 5.55. The van der Waals surface area contributed by atoms with Crippen LogP contribution in [0.1, 0.15) is 42.1 Å². The summed E-state index contributed by atoms with van der Waals surface area (Å²) in [4.78, 5) is 30.5. The zero-order valence-electron chi connectivity index (χ0n) is 21.8. The molecule has 1 aliphatic rings. The molecule has 7 nitrogen and oxygen atoms in total. The lowest BCUT2D eigenvalue weighted by molar-refractivity contribution is -0.132. The summed E-state index contributed by atoms with van der Waals surface area (Å²) in [5.74, 6) is -1.47. The van der Waals surface area contributed by atoms with Gasteiger partial charge in [0.05, 0.1) is 24.3 Å². The van der Waals surface area contributed by atoms with Crippen molar-refractivity contribution in [3.63, 3.8) is 0 Å². The number of ketones is 1. The van der Waals surface area contributed by atoms with E-state index in [2.05, 4.69) is 18.7 Å². The highest BCUT2D eigenvalue weighted by atomic mass is 16.5. The predicted molar refractivity (Wildman–Crippen MR) is 145 cm³/mol. The highest BCUT2D eigenvalue weighted by Crippen LogP contribution is 2.44. The van der Waals surface area contributed by atoms with Gasteiger partial charge in [0.2, 0.25) is 0 Å². The first kappa shape index (κ1) is 25.8. The summed E-state index contributed by atoms with van der Waals surface area (Å²) >= 11 is 0. The zero-order chi connectivity index (χ0) is 26.9. The third-order valence-corrected chi connectivity index (χ3v) is 6.77. The molecule has 1 amide bonds. The Morgan fingerprint density at radius 2 is 1.68 bits per heavy atom. The number of anilines is 2. The van der Waals surface area contributed by atoms with Crippen LogP contribution < -0.4 is 14.5 Å². The number of Topliss-reactive ketones (excluding diaryl/α,β-unsaturated/α-hetero) is 1. The maximum atomic E-state index is 13.5. The van der Waals surface area contributed by atoms with Gasteiger partial charge in [-0.15, -0.1) is 0 Å². The molecule has 1 heterocycles. The van der Waals surface area contributed by atoms with Gasteiger partial charge in [0.1, 0.15) is 17.3 Å². The molecule has 0 aliphatic carbocycles. The number of aromatic hydroxyl groups is 1. The van der Waals surface area contributed by atoms with Crippen molar-refractivity contribution in [2.75, 3.05) is 30.0 Å². The van der Waals surface area contributed by atoms with Gasteiger partial charge >= 0.3 is 0 Å². The summed E-state index contributed by atoms with van der Waals surface area (Å²) in [7, 11) is 1.50. The number of phenols is 1. The Labute approximate surface area is 217 Å². The average molecular weight is 501 g/mol. The molecule has 1 saturated heterocycles. The number of aryl methyl sites for hydroxylation is 2. The smallest absolute Gasteiger partial charge is 0.300 e.